The van der Waals surface area contributed by atoms with E-state index in [0.717, 1.165) is 28.7 Å². The molecule has 0 atom stereocenters. The van der Waals surface area contributed by atoms with E-state index < -0.39 is 0 Å². The molecule has 0 radical (unpaired) electrons. The summed E-state index contributed by atoms with van der Waals surface area (Å²) in [5.41, 5.74) is 2.29. The first-order chi connectivity index (χ1) is 14.3. The number of hydrogen-bond acceptors (Lipinski definition) is 6. The summed E-state index contributed by atoms with van der Waals surface area (Å²) in [5.74, 6) is 0.763. The van der Waals surface area contributed by atoms with Gasteiger partial charge < -0.3 is 14.4 Å². The molecule has 0 aliphatic rings. The number of anilines is 1. The minimum absolute atomic E-state index is 0.174. The van der Waals surface area contributed by atoms with Gasteiger partial charge in [-0.25, -0.2) is 4.98 Å². The number of para-hydroxylation sites is 1. The predicted octanol–water partition coefficient (Wildman–Crippen LogP) is 4.87. The van der Waals surface area contributed by atoms with Crippen molar-refractivity contribution in [2.45, 2.75) is 13.3 Å². The lowest BCUT2D eigenvalue weighted by Crippen LogP contribution is -2.33. The van der Waals surface area contributed by atoms with Crippen LogP contribution in [0.4, 0.5) is 5.13 Å². The lowest BCUT2D eigenvalue weighted by Gasteiger charge is -2.22. The zero-order chi connectivity index (χ0) is 21.8. The average Bonchev–Trinajstić information content (AvgIpc) is 3.13. The lowest BCUT2D eigenvalue weighted by molar-refractivity contribution is 0.0982. The average molecular weight is 448 g/mol. The molecule has 0 saturated carbocycles. The predicted molar refractivity (Wildman–Crippen MR) is 124 cm³/mol. The Morgan fingerprint density at radius 2 is 1.93 bits per heavy atom. The molecule has 0 fully saturated rings. The van der Waals surface area contributed by atoms with Gasteiger partial charge in [-0.3, -0.25) is 9.69 Å². The Morgan fingerprint density at radius 1 is 1.17 bits per heavy atom. The fourth-order valence-electron chi connectivity index (χ4n) is 3.29. The molecule has 2 aromatic carbocycles. The molecular weight excluding hydrogens is 422 g/mol. The van der Waals surface area contributed by atoms with Gasteiger partial charge in [-0.2, -0.15) is 0 Å². The van der Waals surface area contributed by atoms with E-state index in [0.29, 0.717) is 33.8 Å². The zero-order valence-electron chi connectivity index (χ0n) is 17.9. The molecule has 6 nitrogen and oxygen atoms in total. The normalized spacial score (nSPS) is 11.2. The summed E-state index contributed by atoms with van der Waals surface area (Å²) in [5, 5.41) is 1.30. The van der Waals surface area contributed by atoms with E-state index in [-0.39, 0.29) is 5.91 Å². The Morgan fingerprint density at radius 3 is 2.60 bits per heavy atom. The lowest BCUT2D eigenvalue weighted by atomic mass is 10.1. The number of ether oxygens (including phenoxy) is 2. The number of thiazole rings is 1. The van der Waals surface area contributed by atoms with Gasteiger partial charge in [0.15, 0.2) is 16.6 Å². The van der Waals surface area contributed by atoms with E-state index in [1.165, 1.54) is 18.4 Å². The number of nitrogens with zero attached hydrogens (tertiary/aromatic N) is 3. The third kappa shape index (κ3) is 4.69. The summed E-state index contributed by atoms with van der Waals surface area (Å²) in [6.07, 6.45) is 0.806. The van der Waals surface area contributed by atoms with Crippen LogP contribution in [0.25, 0.3) is 10.2 Å². The number of aryl methyl sites for hydroxylation is 1. The maximum atomic E-state index is 13.6. The third-order valence-electron chi connectivity index (χ3n) is 4.74. The second kappa shape index (κ2) is 9.64. The van der Waals surface area contributed by atoms with Gasteiger partial charge in [-0.05, 0) is 63.8 Å². The van der Waals surface area contributed by atoms with Crippen LogP contribution < -0.4 is 14.4 Å². The topological polar surface area (TPSA) is 54.9 Å². The number of rotatable bonds is 8. The van der Waals surface area contributed by atoms with Crippen LogP contribution in [-0.4, -0.2) is 57.2 Å². The Bertz CT molecular complexity index is 1050. The Balaban J connectivity index is 2.05. The number of methoxy groups -OCH3 is 2. The van der Waals surface area contributed by atoms with Crippen LogP contribution in [0.2, 0.25) is 5.02 Å². The van der Waals surface area contributed by atoms with Crippen molar-refractivity contribution >= 4 is 44.2 Å². The summed E-state index contributed by atoms with van der Waals surface area (Å²) in [6, 6.07) is 9.08. The fraction of sp³-hybridized carbons (Fsp3) is 0.364. The van der Waals surface area contributed by atoms with Crippen molar-refractivity contribution in [2.75, 3.05) is 46.3 Å². The third-order valence-corrected chi connectivity index (χ3v) is 5.98. The van der Waals surface area contributed by atoms with Crippen LogP contribution in [0.5, 0.6) is 11.5 Å². The van der Waals surface area contributed by atoms with E-state index in [9.17, 15) is 4.79 Å². The molecule has 0 spiro atoms. The highest BCUT2D eigenvalue weighted by molar-refractivity contribution is 7.22. The van der Waals surface area contributed by atoms with E-state index in [1.54, 1.807) is 30.2 Å². The van der Waals surface area contributed by atoms with Crippen LogP contribution >= 0.6 is 22.9 Å². The molecule has 3 aromatic rings. The number of fused-ring (bicyclic) bond motifs is 1. The summed E-state index contributed by atoms with van der Waals surface area (Å²) >= 11 is 7.69. The number of benzene rings is 2. The molecule has 8 heteroatoms. The largest absolute Gasteiger partial charge is 0.493 e. The minimum Gasteiger partial charge on any atom is -0.493 e. The number of halogens is 1. The highest BCUT2D eigenvalue weighted by Gasteiger charge is 2.26. The number of aromatic nitrogens is 1. The quantitative estimate of drug-likeness (QED) is 0.493. The molecule has 0 unspecified atom stereocenters. The summed E-state index contributed by atoms with van der Waals surface area (Å²) < 4.78 is 11.8. The first-order valence-electron chi connectivity index (χ1n) is 9.60. The molecular formula is C22H26ClN3O3S. The molecule has 0 bridgehead atoms. The zero-order valence-corrected chi connectivity index (χ0v) is 19.4. The SMILES string of the molecule is COc1cccc(C(=O)N(CCCN(C)C)c2nc3c(C)cc(Cl)cc3s2)c1OC. The summed E-state index contributed by atoms with van der Waals surface area (Å²) in [6.45, 7) is 3.36. The van der Waals surface area contributed by atoms with Crippen LogP contribution in [0, 0.1) is 6.92 Å². The molecule has 30 heavy (non-hydrogen) atoms. The van der Waals surface area contributed by atoms with Gasteiger partial charge in [0.2, 0.25) is 0 Å². The molecule has 0 aliphatic heterocycles. The van der Waals surface area contributed by atoms with Gasteiger partial charge >= 0.3 is 0 Å². The van der Waals surface area contributed by atoms with Crippen LogP contribution in [0.15, 0.2) is 30.3 Å². The van der Waals surface area contributed by atoms with Crippen molar-refractivity contribution in [3.63, 3.8) is 0 Å². The van der Waals surface area contributed by atoms with Gasteiger partial charge in [0.1, 0.15) is 0 Å². The van der Waals surface area contributed by atoms with Crippen LogP contribution in [-0.2, 0) is 0 Å². The van der Waals surface area contributed by atoms with E-state index in [1.807, 2.05) is 33.2 Å². The van der Waals surface area contributed by atoms with E-state index in [2.05, 4.69) is 4.90 Å². The summed E-state index contributed by atoms with van der Waals surface area (Å²) in [4.78, 5) is 22.2. The number of carbonyl (C=O) groups excluding carboxylic acids is 1. The molecule has 0 saturated heterocycles. The number of carbonyl (C=O) groups is 1. The fourth-order valence-corrected chi connectivity index (χ4v) is 4.73. The van der Waals surface area contributed by atoms with Gasteiger partial charge in [0, 0.05) is 11.6 Å². The second-order valence-corrected chi connectivity index (χ2v) is 8.67. The van der Waals surface area contributed by atoms with Crippen molar-refractivity contribution in [1.82, 2.24) is 9.88 Å². The Hall–Kier alpha value is -2.35. The number of amides is 1. The van der Waals surface area contributed by atoms with Crippen LogP contribution in [0.1, 0.15) is 22.3 Å². The Kier molecular flexibility index (Phi) is 7.18. The van der Waals surface area contributed by atoms with Crippen molar-refractivity contribution in [1.29, 1.82) is 0 Å². The van der Waals surface area contributed by atoms with Gasteiger partial charge in [-0.1, -0.05) is 29.0 Å². The second-order valence-electron chi connectivity index (χ2n) is 7.22. The Labute approximate surface area is 186 Å². The van der Waals surface area contributed by atoms with Crippen molar-refractivity contribution in [2.24, 2.45) is 0 Å². The van der Waals surface area contributed by atoms with E-state index in [4.69, 9.17) is 26.1 Å². The molecule has 160 valence electrons. The first-order valence-corrected chi connectivity index (χ1v) is 10.8. The van der Waals surface area contributed by atoms with Crippen molar-refractivity contribution < 1.29 is 14.3 Å². The maximum Gasteiger partial charge on any atom is 0.263 e. The molecule has 1 heterocycles. The highest BCUT2D eigenvalue weighted by Crippen LogP contribution is 2.36. The van der Waals surface area contributed by atoms with Gasteiger partial charge in [-0.15, -0.1) is 0 Å². The van der Waals surface area contributed by atoms with Crippen molar-refractivity contribution in [3.05, 3.63) is 46.5 Å². The monoisotopic (exact) mass is 447 g/mol. The molecule has 0 aliphatic carbocycles. The molecule has 1 aromatic heterocycles. The van der Waals surface area contributed by atoms with Gasteiger partial charge in [0.25, 0.3) is 5.91 Å². The smallest absolute Gasteiger partial charge is 0.263 e. The summed E-state index contributed by atoms with van der Waals surface area (Å²) in [7, 11) is 7.12. The minimum atomic E-state index is -0.174. The highest BCUT2D eigenvalue weighted by atomic mass is 35.5. The molecule has 3 rings (SSSR count). The standard InChI is InChI=1S/C22H26ClN3O3S/c1-14-12-15(23)13-18-19(14)24-22(30-18)26(11-7-10-25(2)3)21(27)16-8-6-9-17(28-4)20(16)29-5/h6,8-9,12-13H,7,10-11H2,1-5H3. The molecule has 1 amide bonds. The van der Waals surface area contributed by atoms with Crippen molar-refractivity contribution in [3.8, 4) is 11.5 Å². The van der Waals surface area contributed by atoms with Crippen LogP contribution in [0.3, 0.4) is 0 Å². The van der Waals surface area contributed by atoms with E-state index >= 15 is 0 Å². The number of hydrogen-bond donors (Lipinski definition) is 0. The molecule has 0 N–H and O–H groups in total. The first kappa shape index (κ1) is 22.3. The maximum absolute atomic E-state index is 13.6. The van der Waals surface area contributed by atoms with Gasteiger partial charge in [0.05, 0.1) is 30.0 Å².